The number of rotatable bonds is 5. The van der Waals surface area contributed by atoms with Crippen LogP contribution < -0.4 is 0 Å². The first-order chi connectivity index (χ1) is 15.8. The number of carbonyl (C=O) groups excluding carboxylic acids is 2. The average Bonchev–Trinajstić information content (AvgIpc) is 3.05. The second kappa shape index (κ2) is 9.56. The molecule has 1 saturated heterocycles. The first kappa shape index (κ1) is 23.3. The summed E-state index contributed by atoms with van der Waals surface area (Å²) in [4.78, 5) is 27.4. The molecule has 0 saturated carbocycles. The smallest absolute Gasteiger partial charge is 0.295 e. The summed E-state index contributed by atoms with van der Waals surface area (Å²) in [5, 5.41) is 12.0. The molecule has 0 aliphatic carbocycles. The fourth-order valence-electron chi connectivity index (χ4n) is 3.80. The number of ketones is 1. The highest BCUT2D eigenvalue weighted by Gasteiger charge is 2.45. The number of hydrogen-bond acceptors (Lipinski definition) is 3. The molecule has 1 heterocycles. The van der Waals surface area contributed by atoms with Gasteiger partial charge in [-0.25, -0.2) is 4.39 Å². The van der Waals surface area contributed by atoms with Crippen molar-refractivity contribution < 1.29 is 19.1 Å². The summed E-state index contributed by atoms with van der Waals surface area (Å²) in [7, 11) is 0. The Morgan fingerprint density at radius 2 is 1.58 bits per heavy atom. The summed E-state index contributed by atoms with van der Waals surface area (Å²) < 4.78 is 13.2. The van der Waals surface area contributed by atoms with Crippen LogP contribution in [0.25, 0.3) is 5.76 Å². The number of nitrogens with zero attached hydrogens (tertiary/aromatic N) is 1. The predicted octanol–water partition coefficient (Wildman–Crippen LogP) is 6.45. The van der Waals surface area contributed by atoms with Crippen LogP contribution in [0.1, 0.15) is 22.7 Å². The Hall–Kier alpha value is -2.86. The number of Topliss-reactive ketones (excluding diaryl/α,β-unsaturated/α-hetero) is 1. The van der Waals surface area contributed by atoms with Gasteiger partial charge in [-0.05, 0) is 60.0 Å². The topological polar surface area (TPSA) is 57.6 Å². The maximum absolute atomic E-state index is 13.2. The van der Waals surface area contributed by atoms with Crippen LogP contribution in [-0.2, 0) is 16.0 Å². The Balaban J connectivity index is 1.78. The van der Waals surface area contributed by atoms with Crippen LogP contribution >= 0.6 is 34.8 Å². The van der Waals surface area contributed by atoms with E-state index in [1.54, 1.807) is 36.4 Å². The van der Waals surface area contributed by atoms with E-state index in [1.165, 1.54) is 35.2 Å². The van der Waals surface area contributed by atoms with E-state index in [1.807, 2.05) is 0 Å². The molecule has 0 bridgehead atoms. The molecule has 0 spiro atoms. The van der Waals surface area contributed by atoms with E-state index in [9.17, 15) is 19.1 Å². The molecule has 1 unspecified atom stereocenters. The molecule has 1 amide bonds. The van der Waals surface area contributed by atoms with Gasteiger partial charge in [-0.3, -0.25) is 9.59 Å². The van der Waals surface area contributed by atoms with Crippen molar-refractivity contribution in [2.24, 2.45) is 0 Å². The van der Waals surface area contributed by atoms with Crippen LogP contribution in [0.15, 0.2) is 72.3 Å². The fourth-order valence-corrected chi connectivity index (χ4v) is 4.23. The second-order valence-corrected chi connectivity index (χ2v) is 8.80. The van der Waals surface area contributed by atoms with E-state index in [-0.39, 0.29) is 34.3 Å². The lowest BCUT2D eigenvalue weighted by Crippen LogP contribution is -2.31. The number of carbonyl (C=O) groups is 2. The molecule has 33 heavy (non-hydrogen) atoms. The molecule has 1 N–H and O–H groups in total. The van der Waals surface area contributed by atoms with Gasteiger partial charge in [0.05, 0.1) is 21.7 Å². The van der Waals surface area contributed by atoms with Gasteiger partial charge in [0.25, 0.3) is 11.7 Å². The van der Waals surface area contributed by atoms with Crippen molar-refractivity contribution in [3.63, 3.8) is 0 Å². The maximum Gasteiger partial charge on any atom is 0.295 e. The molecule has 1 aliphatic rings. The molecular weight excluding hydrogens is 488 g/mol. The molecule has 3 aromatic rings. The van der Waals surface area contributed by atoms with E-state index >= 15 is 0 Å². The highest BCUT2D eigenvalue weighted by Crippen LogP contribution is 2.40. The number of aliphatic hydroxyl groups is 1. The Bertz CT molecular complexity index is 1260. The summed E-state index contributed by atoms with van der Waals surface area (Å²) >= 11 is 18.1. The summed E-state index contributed by atoms with van der Waals surface area (Å²) in [6, 6.07) is 16.2. The highest BCUT2D eigenvalue weighted by atomic mass is 35.5. The second-order valence-electron chi connectivity index (χ2n) is 7.55. The van der Waals surface area contributed by atoms with E-state index in [4.69, 9.17) is 34.8 Å². The SMILES string of the molecule is O=C1C(=O)N(CCc2ccc(F)cc2)C(c2ccc(Cl)cc2)/C1=C(/O)c1ccc(Cl)c(Cl)c1. The first-order valence-corrected chi connectivity index (χ1v) is 11.1. The summed E-state index contributed by atoms with van der Waals surface area (Å²) in [6.45, 7) is 0.182. The molecule has 8 heteroatoms. The van der Waals surface area contributed by atoms with Crippen molar-refractivity contribution in [1.82, 2.24) is 4.90 Å². The number of aliphatic hydroxyl groups excluding tert-OH is 1. The van der Waals surface area contributed by atoms with Crippen molar-refractivity contribution >= 4 is 52.3 Å². The van der Waals surface area contributed by atoms with Crippen molar-refractivity contribution in [3.8, 4) is 0 Å². The monoisotopic (exact) mass is 503 g/mol. The van der Waals surface area contributed by atoms with Gasteiger partial charge >= 0.3 is 0 Å². The van der Waals surface area contributed by atoms with Crippen molar-refractivity contribution in [2.45, 2.75) is 12.5 Å². The van der Waals surface area contributed by atoms with Crippen LogP contribution in [-0.4, -0.2) is 28.2 Å². The third-order valence-electron chi connectivity index (χ3n) is 5.47. The zero-order valence-corrected chi connectivity index (χ0v) is 19.3. The van der Waals surface area contributed by atoms with Gasteiger partial charge in [-0.2, -0.15) is 0 Å². The van der Waals surface area contributed by atoms with Crippen LogP contribution in [0.2, 0.25) is 15.1 Å². The number of hydrogen-bond donors (Lipinski definition) is 1. The van der Waals surface area contributed by atoms with Gasteiger partial charge in [0.1, 0.15) is 11.6 Å². The lowest BCUT2D eigenvalue weighted by Gasteiger charge is -2.25. The fraction of sp³-hybridized carbons (Fsp3) is 0.120. The predicted molar refractivity (Wildman–Crippen MR) is 127 cm³/mol. The summed E-state index contributed by atoms with van der Waals surface area (Å²) in [5.74, 6) is -2.26. The van der Waals surface area contributed by atoms with E-state index in [0.717, 1.165) is 5.56 Å². The maximum atomic E-state index is 13.2. The molecule has 168 valence electrons. The van der Waals surface area contributed by atoms with Crippen molar-refractivity contribution in [3.05, 3.63) is 110 Å². The largest absolute Gasteiger partial charge is 0.507 e. The van der Waals surface area contributed by atoms with E-state index < -0.39 is 17.7 Å². The molecule has 0 radical (unpaired) electrons. The highest BCUT2D eigenvalue weighted by molar-refractivity contribution is 6.47. The van der Waals surface area contributed by atoms with Gasteiger partial charge in [0.15, 0.2) is 0 Å². The molecule has 3 aromatic carbocycles. The third-order valence-corrected chi connectivity index (χ3v) is 6.46. The molecular formula is C25H17Cl3FNO3. The third kappa shape index (κ3) is 4.76. The van der Waals surface area contributed by atoms with Crippen molar-refractivity contribution in [1.29, 1.82) is 0 Å². The van der Waals surface area contributed by atoms with Gasteiger partial charge in [-0.1, -0.05) is 59.1 Å². The van der Waals surface area contributed by atoms with Gasteiger partial charge in [-0.15, -0.1) is 0 Å². The minimum Gasteiger partial charge on any atom is -0.507 e. The first-order valence-electron chi connectivity index (χ1n) is 10.00. The molecule has 4 rings (SSSR count). The molecule has 0 aromatic heterocycles. The van der Waals surface area contributed by atoms with Gasteiger partial charge in [0.2, 0.25) is 0 Å². The van der Waals surface area contributed by atoms with Crippen LogP contribution in [0.3, 0.4) is 0 Å². The Morgan fingerprint density at radius 3 is 2.21 bits per heavy atom. The number of benzene rings is 3. The Morgan fingerprint density at radius 1 is 0.909 bits per heavy atom. The molecule has 4 nitrogen and oxygen atoms in total. The average molecular weight is 505 g/mol. The van der Waals surface area contributed by atoms with Gasteiger partial charge < -0.3 is 10.0 Å². The Labute approximate surface area is 204 Å². The normalized spacial score (nSPS) is 17.6. The molecule has 1 atom stereocenters. The van der Waals surface area contributed by atoms with Gasteiger partial charge in [0, 0.05) is 17.1 Å². The zero-order valence-electron chi connectivity index (χ0n) is 17.1. The van der Waals surface area contributed by atoms with Crippen molar-refractivity contribution in [2.75, 3.05) is 6.54 Å². The minimum absolute atomic E-state index is 0.0557. The molecule has 1 fully saturated rings. The quantitative estimate of drug-likeness (QED) is 0.247. The Kier molecular flexibility index (Phi) is 6.75. The summed E-state index contributed by atoms with van der Waals surface area (Å²) in [5.41, 5.74) is 1.62. The summed E-state index contributed by atoms with van der Waals surface area (Å²) in [6.07, 6.45) is 0.393. The van der Waals surface area contributed by atoms with Crippen LogP contribution in [0, 0.1) is 5.82 Å². The number of likely N-dealkylation sites (tertiary alicyclic amines) is 1. The lowest BCUT2D eigenvalue weighted by atomic mass is 9.95. The number of halogens is 4. The lowest BCUT2D eigenvalue weighted by molar-refractivity contribution is -0.139. The molecule has 1 aliphatic heterocycles. The number of amides is 1. The van der Waals surface area contributed by atoms with Crippen LogP contribution in [0.5, 0.6) is 0 Å². The zero-order chi connectivity index (χ0) is 23.7. The standard InChI is InChI=1S/C25H17Cl3FNO3/c26-17-6-3-15(4-7-17)22-21(23(31)16-5-10-19(27)20(28)13-16)24(32)25(33)30(22)12-11-14-1-8-18(29)9-2-14/h1-10,13,22,31H,11-12H2/b23-21-. The van der Waals surface area contributed by atoms with E-state index in [2.05, 4.69) is 0 Å². The van der Waals surface area contributed by atoms with E-state index in [0.29, 0.717) is 22.0 Å². The minimum atomic E-state index is -0.836. The van der Waals surface area contributed by atoms with Crippen LogP contribution in [0.4, 0.5) is 4.39 Å².